The Balaban J connectivity index is 2.43. The highest BCUT2D eigenvalue weighted by molar-refractivity contribution is 5.54. The van der Waals surface area contributed by atoms with Gasteiger partial charge in [-0.05, 0) is 24.1 Å². The van der Waals surface area contributed by atoms with Crippen molar-refractivity contribution >= 4 is 0 Å². The average Bonchev–Trinajstić information content (AvgIpc) is 2.70. The second-order valence-electron chi connectivity index (χ2n) is 3.82. The average molecular weight is 189 g/mol. The number of aromatic nitrogens is 3. The van der Waals surface area contributed by atoms with Crippen LogP contribution in [-0.2, 0) is 7.05 Å². The third-order valence-electron chi connectivity index (χ3n) is 2.38. The fourth-order valence-corrected chi connectivity index (χ4v) is 1.64. The lowest BCUT2D eigenvalue weighted by molar-refractivity contribution is 0.670. The van der Waals surface area contributed by atoms with Gasteiger partial charge >= 0.3 is 0 Å². The van der Waals surface area contributed by atoms with Crippen LogP contribution in [0.5, 0.6) is 0 Å². The van der Waals surface area contributed by atoms with E-state index in [-0.39, 0.29) is 0 Å². The summed E-state index contributed by atoms with van der Waals surface area (Å²) in [6.45, 7) is 4.35. The van der Waals surface area contributed by atoms with Gasteiger partial charge < -0.3 is 4.98 Å². The Hall–Kier alpha value is -1.51. The molecule has 14 heavy (non-hydrogen) atoms. The molecule has 0 saturated heterocycles. The Morgan fingerprint density at radius 2 is 2.21 bits per heavy atom. The van der Waals surface area contributed by atoms with E-state index in [2.05, 4.69) is 30.0 Å². The lowest BCUT2D eigenvalue weighted by Gasteiger charge is -2.02. The number of aromatic amines is 1. The minimum Gasteiger partial charge on any atom is -0.360 e. The Bertz CT molecular complexity index is 410. The van der Waals surface area contributed by atoms with Gasteiger partial charge in [0.05, 0.1) is 5.69 Å². The Labute approximate surface area is 83.8 Å². The van der Waals surface area contributed by atoms with Crippen molar-refractivity contribution in [2.75, 3.05) is 0 Å². The summed E-state index contributed by atoms with van der Waals surface area (Å²) in [5.74, 6) is 0.510. The molecule has 74 valence electrons. The molecule has 0 saturated carbocycles. The number of H-pyrrole nitrogens is 1. The normalized spacial score (nSPS) is 11.1. The van der Waals surface area contributed by atoms with Crippen LogP contribution in [0.4, 0.5) is 0 Å². The third-order valence-corrected chi connectivity index (χ3v) is 2.38. The fraction of sp³-hybridized carbons (Fsp3) is 0.364. The molecule has 0 radical (unpaired) electrons. The zero-order valence-corrected chi connectivity index (χ0v) is 8.78. The predicted octanol–water partition coefficient (Wildman–Crippen LogP) is 2.54. The molecule has 2 aromatic rings. The monoisotopic (exact) mass is 189 g/mol. The highest BCUT2D eigenvalue weighted by Crippen LogP contribution is 2.21. The highest BCUT2D eigenvalue weighted by atomic mass is 15.3. The summed E-state index contributed by atoms with van der Waals surface area (Å²) >= 11 is 0. The van der Waals surface area contributed by atoms with Crippen LogP contribution in [0.1, 0.15) is 25.5 Å². The van der Waals surface area contributed by atoms with E-state index in [1.807, 2.05) is 30.1 Å². The van der Waals surface area contributed by atoms with Crippen molar-refractivity contribution in [3.63, 3.8) is 0 Å². The summed E-state index contributed by atoms with van der Waals surface area (Å²) in [4.78, 5) is 3.16. The molecule has 3 nitrogen and oxygen atoms in total. The van der Waals surface area contributed by atoms with Crippen LogP contribution in [0.3, 0.4) is 0 Å². The molecule has 2 heterocycles. The Morgan fingerprint density at radius 1 is 1.43 bits per heavy atom. The van der Waals surface area contributed by atoms with Crippen LogP contribution in [0.2, 0.25) is 0 Å². The Morgan fingerprint density at radius 3 is 2.71 bits per heavy atom. The van der Waals surface area contributed by atoms with Crippen LogP contribution in [0.15, 0.2) is 24.4 Å². The molecule has 1 N–H and O–H groups in total. The summed E-state index contributed by atoms with van der Waals surface area (Å²) in [5.41, 5.74) is 3.35. The molecule has 0 fully saturated rings. The molecule has 0 spiro atoms. The maximum Gasteiger partial charge on any atom is 0.109 e. The zero-order valence-electron chi connectivity index (χ0n) is 8.78. The molecule has 0 bridgehead atoms. The molecule has 0 aromatic carbocycles. The van der Waals surface area contributed by atoms with E-state index in [0.717, 1.165) is 11.4 Å². The molecule has 2 aromatic heterocycles. The van der Waals surface area contributed by atoms with Crippen LogP contribution < -0.4 is 0 Å². The van der Waals surface area contributed by atoms with Crippen molar-refractivity contribution < 1.29 is 0 Å². The van der Waals surface area contributed by atoms with Gasteiger partial charge in [-0.25, -0.2) is 0 Å². The molecule has 0 unspecified atom stereocenters. The second kappa shape index (κ2) is 3.33. The topological polar surface area (TPSA) is 33.6 Å². The summed E-state index contributed by atoms with van der Waals surface area (Å²) in [6.07, 6.45) is 1.92. The lowest BCUT2D eigenvalue weighted by Crippen LogP contribution is -1.99. The maximum atomic E-state index is 4.46. The van der Waals surface area contributed by atoms with E-state index < -0.39 is 0 Å². The molecule has 2 rings (SSSR count). The largest absolute Gasteiger partial charge is 0.360 e. The molecule has 0 aliphatic rings. The summed E-state index contributed by atoms with van der Waals surface area (Å²) < 4.78 is 1.95. The number of hydrogen-bond acceptors (Lipinski definition) is 1. The number of nitrogens with one attached hydrogen (secondary N) is 1. The first-order chi connectivity index (χ1) is 6.68. The van der Waals surface area contributed by atoms with E-state index in [4.69, 9.17) is 0 Å². The van der Waals surface area contributed by atoms with Crippen molar-refractivity contribution in [1.29, 1.82) is 0 Å². The zero-order chi connectivity index (χ0) is 10.1. The van der Waals surface area contributed by atoms with Crippen molar-refractivity contribution in [3.8, 4) is 11.4 Å². The van der Waals surface area contributed by atoms with E-state index in [1.54, 1.807) is 0 Å². The minimum absolute atomic E-state index is 0.510. The van der Waals surface area contributed by atoms with E-state index in [0.29, 0.717) is 5.92 Å². The summed E-state index contributed by atoms with van der Waals surface area (Å²) in [6, 6.07) is 6.15. The highest BCUT2D eigenvalue weighted by Gasteiger charge is 2.09. The number of rotatable bonds is 2. The van der Waals surface area contributed by atoms with Gasteiger partial charge in [0.1, 0.15) is 5.69 Å². The van der Waals surface area contributed by atoms with Gasteiger partial charge in [-0.3, -0.25) is 4.68 Å². The van der Waals surface area contributed by atoms with Crippen LogP contribution in [0.25, 0.3) is 11.4 Å². The molecular formula is C11H15N3. The van der Waals surface area contributed by atoms with E-state index in [1.165, 1.54) is 5.69 Å². The van der Waals surface area contributed by atoms with Gasteiger partial charge in [0, 0.05) is 18.9 Å². The Kier molecular flexibility index (Phi) is 2.15. The van der Waals surface area contributed by atoms with E-state index in [9.17, 15) is 0 Å². The second-order valence-corrected chi connectivity index (χ2v) is 3.82. The maximum absolute atomic E-state index is 4.46. The van der Waals surface area contributed by atoms with Crippen molar-refractivity contribution in [2.45, 2.75) is 19.8 Å². The van der Waals surface area contributed by atoms with Crippen molar-refractivity contribution in [1.82, 2.24) is 14.8 Å². The first-order valence-electron chi connectivity index (χ1n) is 4.86. The van der Waals surface area contributed by atoms with Gasteiger partial charge in [0.15, 0.2) is 0 Å². The molecular weight excluding hydrogens is 174 g/mol. The van der Waals surface area contributed by atoms with Crippen molar-refractivity contribution in [3.05, 3.63) is 30.1 Å². The standard InChI is InChI=1S/C11H15N3/c1-8(2)11-7-10(13-14(11)3)9-5-4-6-12-9/h4-8,12H,1-3H3. The number of hydrogen-bond donors (Lipinski definition) is 1. The summed E-state index contributed by atoms with van der Waals surface area (Å²) in [5, 5.41) is 4.46. The van der Waals surface area contributed by atoms with E-state index >= 15 is 0 Å². The molecule has 0 atom stereocenters. The first-order valence-corrected chi connectivity index (χ1v) is 4.86. The predicted molar refractivity (Wildman–Crippen MR) is 57.1 cm³/mol. The van der Waals surface area contributed by atoms with Crippen LogP contribution in [0, 0.1) is 0 Å². The summed E-state index contributed by atoms with van der Waals surface area (Å²) in [7, 11) is 1.99. The van der Waals surface area contributed by atoms with Gasteiger partial charge in [0.25, 0.3) is 0 Å². The van der Waals surface area contributed by atoms with Crippen LogP contribution >= 0.6 is 0 Å². The molecule has 0 aliphatic carbocycles. The number of nitrogens with zero attached hydrogens (tertiary/aromatic N) is 2. The fourth-order valence-electron chi connectivity index (χ4n) is 1.64. The molecule has 0 amide bonds. The lowest BCUT2D eigenvalue weighted by atomic mass is 10.1. The van der Waals surface area contributed by atoms with Gasteiger partial charge in [-0.1, -0.05) is 13.8 Å². The van der Waals surface area contributed by atoms with Crippen LogP contribution in [-0.4, -0.2) is 14.8 Å². The smallest absolute Gasteiger partial charge is 0.109 e. The number of aryl methyl sites for hydroxylation is 1. The quantitative estimate of drug-likeness (QED) is 0.773. The first kappa shape index (κ1) is 9.06. The van der Waals surface area contributed by atoms with Gasteiger partial charge in [-0.2, -0.15) is 5.10 Å². The van der Waals surface area contributed by atoms with Crippen molar-refractivity contribution in [2.24, 2.45) is 7.05 Å². The third kappa shape index (κ3) is 1.45. The molecule has 0 aliphatic heterocycles. The minimum atomic E-state index is 0.510. The van der Waals surface area contributed by atoms with Gasteiger partial charge in [-0.15, -0.1) is 0 Å². The SMILES string of the molecule is CC(C)c1cc(-c2ccc[nH]2)nn1C. The van der Waals surface area contributed by atoms with Gasteiger partial charge in [0.2, 0.25) is 0 Å². The molecule has 3 heteroatoms.